The SMILES string of the molecule is O=C(NCC1(c2ccsc2)CCCC1)c1ccc(F)cc1F. The summed E-state index contributed by atoms with van der Waals surface area (Å²) in [5.74, 6) is -1.99. The molecule has 1 aromatic carbocycles. The average molecular weight is 321 g/mol. The molecule has 5 heteroatoms. The van der Waals surface area contributed by atoms with E-state index in [4.69, 9.17) is 0 Å². The molecule has 1 fully saturated rings. The van der Waals surface area contributed by atoms with Gasteiger partial charge in [0.15, 0.2) is 0 Å². The number of hydrogen-bond donors (Lipinski definition) is 1. The molecule has 22 heavy (non-hydrogen) atoms. The molecule has 1 aromatic heterocycles. The van der Waals surface area contributed by atoms with Gasteiger partial charge in [0, 0.05) is 18.0 Å². The number of rotatable bonds is 4. The zero-order valence-corrected chi connectivity index (χ0v) is 12.9. The van der Waals surface area contributed by atoms with Gasteiger partial charge in [-0.15, -0.1) is 0 Å². The van der Waals surface area contributed by atoms with E-state index in [0.717, 1.165) is 37.8 Å². The molecule has 1 aliphatic rings. The van der Waals surface area contributed by atoms with Crippen LogP contribution in [0, 0.1) is 11.6 Å². The fourth-order valence-corrected chi connectivity index (χ4v) is 3.98. The van der Waals surface area contributed by atoms with Gasteiger partial charge in [-0.3, -0.25) is 4.79 Å². The maximum atomic E-state index is 13.7. The lowest BCUT2D eigenvalue weighted by Crippen LogP contribution is -2.39. The Morgan fingerprint density at radius 2 is 2.00 bits per heavy atom. The van der Waals surface area contributed by atoms with Crippen molar-refractivity contribution in [3.05, 3.63) is 57.8 Å². The van der Waals surface area contributed by atoms with Gasteiger partial charge in [-0.2, -0.15) is 11.3 Å². The third-order valence-corrected chi connectivity index (χ3v) is 5.14. The highest BCUT2D eigenvalue weighted by Crippen LogP contribution is 2.41. The highest BCUT2D eigenvalue weighted by Gasteiger charge is 2.36. The van der Waals surface area contributed by atoms with E-state index in [1.807, 2.05) is 5.38 Å². The molecule has 0 aliphatic heterocycles. The van der Waals surface area contributed by atoms with Crippen LogP contribution in [0.4, 0.5) is 8.78 Å². The summed E-state index contributed by atoms with van der Waals surface area (Å²) in [6.45, 7) is 0.485. The minimum atomic E-state index is -0.825. The van der Waals surface area contributed by atoms with Gasteiger partial charge in [0.1, 0.15) is 11.6 Å². The van der Waals surface area contributed by atoms with Crippen LogP contribution in [-0.2, 0) is 5.41 Å². The number of hydrogen-bond acceptors (Lipinski definition) is 2. The monoisotopic (exact) mass is 321 g/mol. The first kappa shape index (κ1) is 15.2. The number of halogens is 2. The molecular weight excluding hydrogens is 304 g/mol. The number of nitrogens with one attached hydrogen (secondary N) is 1. The quantitative estimate of drug-likeness (QED) is 0.895. The van der Waals surface area contributed by atoms with Gasteiger partial charge in [-0.1, -0.05) is 12.8 Å². The molecule has 116 valence electrons. The number of carbonyl (C=O) groups is 1. The van der Waals surface area contributed by atoms with Crippen molar-refractivity contribution in [2.45, 2.75) is 31.1 Å². The molecule has 1 amide bonds. The van der Waals surface area contributed by atoms with Crippen LogP contribution < -0.4 is 5.32 Å². The van der Waals surface area contributed by atoms with Crippen molar-refractivity contribution >= 4 is 17.2 Å². The largest absolute Gasteiger partial charge is 0.351 e. The summed E-state index contributed by atoms with van der Waals surface area (Å²) in [6, 6.07) is 5.12. The van der Waals surface area contributed by atoms with Crippen molar-refractivity contribution in [3.63, 3.8) is 0 Å². The Bertz CT molecular complexity index is 663. The van der Waals surface area contributed by atoms with Crippen LogP contribution in [0.15, 0.2) is 35.0 Å². The molecule has 1 heterocycles. The lowest BCUT2D eigenvalue weighted by molar-refractivity contribution is 0.0939. The van der Waals surface area contributed by atoms with E-state index in [2.05, 4.69) is 16.8 Å². The Labute approximate surface area is 132 Å². The standard InChI is InChI=1S/C17H17F2NOS/c18-13-3-4-14(15(19)9-13)16(21)20-11-17(6-1-2-7-17)12-5-8-22-10-12/h3-5,8-10H,1-2,6-7,11H2,(H,20,21). The molecule has 0 radical (unpaired) electrons. The first-order chi connectivity index (χ1) is 10.6. The summed E-state index contributed by atoms with van der Waals surface area (Å²) >= 11 is 1.65. The molecule has 0 unspecified atom stereocenters. The molecule has 2 nitrogen and oxygen atoms in total. The van der Waals surface area contributed by atoms with E-state index in [1.165, 1.54) is 11.6 Å². The Kier molecular flexibility index (Phi) is 4.25. The van der Waals surface area contributed by atoms with Crippen LogP contribution in [0.25, 0.3) is 0 Å². The van der Waals surface area contributed by atoms with Gasteiger partial charge < -0.3 is 5.32 Å². The van der Waals surface area contributed by atoms with Crippen molar-refractivity contribution in [2.24, 2.45) is 0 Å². The Balaban J connectivity index is 1.74. The maximum Gasteiger partial charge on any atom is 0.254 e. The number of benzene rings is 1. The zero-order chi connectivity index (χ0) is 15.6. The van der Waals surface area contributed by atoms with E-state index in [-0.39, 0.29) is 11.0 Å². The average Bonchev–Trinajstić information content (AvgIpc) is 3.17. The Hall–Kier alpha value is -1.75. The van der Waals surface area contributed by atoms with Gasteiger partial charge >= 0.3 is 0 Å². The maximum absolute atomic E-state index is 13.7. The normalized spacial score (nSPS) is 16.6. The van der Waals surface area contributed by atoms with Crippen molar-refractivity contribution < 1.29 is 13.6 Å². The van der Waals surface area contributed by atoms with Crippen LogP contribution in [-0.4, -0.2) is 12.5 Å². The van der Waals surface area contributed by atoms with Gasteiger partial charge in [-0.25, -0.2) is 8.78 Å². The second-order valence-electron chi connectivity index (χ2n) is 5.81. The van der Waals surface area contributed by atoms with Gasteiger partial charge in [0.25, 0.3) is 5.91 Å². The first-order valence-corrected chi connectivity index (χ1v) is 8.31. The molecule has 1 saturated carbocycles. The van der Waals surface area contributed by atoms with Crippen LogP contribution in [0.5, 0.6) is 0 Å². The number of thiophene rings is 1. The summed E-state index contributed by atoms with van der Waals surface area (Å²) < 4.78 is 26.6. The van der Waals surface area contributed by atoms with Crippen LogP contribution in [0.3, 0.4) is 0 Å². The predicted molar refractivity (Wildman–Crippen MR) is 83.2 cm³/mol. The summed E-state index contributed by atoms with van der Waals surface area (Å²) in [5, 5.41) is 6.99. The predicted octanol–water partition coefficient (Wildman–Crippen LogP) is 4.27. The first-order valence-electron chi connectivity index (χ1n) is 7.37. The fourth-order valence-electron chi connectivity index (χ4n) is 3.20. The second kappa shape index (κ2) is 6.16. The zero-order valence-electron chi connectivity index (χ0n) is 12.1. The fraction of sp³-hybridized carbons (Fsp3) is 0.353. The van der Waals surface area contributed by atoms with Crippen molar-refractivity contribution in [3.8, 4) is 0 Å². The molecule has 0 atom stereocenters. The molecule has 0 spiro atoms. The molecule has 0 saturated heterocycles. The van der Waals surface area contributed by atoms with Gasteiger partial charge in [0.05, 0.1) is 5.56 Å². The summed E-state index contributed by atoms with van der Waals surface area (Å²) in [5.41, 5.74) is 1.08. The van der Waals surface area contributed by atoms with Gasteiger partial charge in [0.2, 0.25) is 0 Å². The van der Waals surface area contributed by atoms with Crippen molar-refractivity contribution in [1.82, 2.24) is 5.32 Å². The van der Waals surface area contributed by atoms with Crippen LogP contribution >= 0.6 is 11.3 Å². The summed E-state index contributed by atoms with van der Waals surface area (Å²) in [7, 11) is 0. The third kappa shape index (κ3) is 2.90. The minimum Gasteiger partial charge on any atom is -0.351 e. The topological polar surface area (TPSA) is 29.1 Å². The van der Waals surface area contributed by atoms with Crippen LogP contribution in [0.1, 0.15) is 41.6 Å². The lowest BCUT2D eigenvalue weighted by atomic mass is 9.80. The van der Waals surface area contributed by atoms with E-state index in [1.54, 1.807) is 11.3 Å². The van der Waals surface area contributed by atoms with Crippen molar-refractivity contribution in [1.29, 1.82) is 0 Å². The van der Waals surface area contributed by atoms with Crippen molar-refractivity contribution in [2.75, 3.05) is 6.54 Å². The second-order valence-corrected chi connectivity index (χ2v) is 6.59. The molecule has 1 N–H and O–H groups in total. The molecule has 2 aromatic rings. The van der Waals surface area contributed by atoms with E-state index >= 15 is 0 Å². The van der Waals surface area contributed by atoms with Gasteiger partial charge in [-0.05, 0) is 47.4 Å². The van der Waals surface area contributed by atoms with Crippen LogP contribution in [0.2, 0.25) is 0 Å². The summed E-state index contributed by atoms with van der Waals surface area (Å²) in [6.07, 6.45) is 4.32. The summed E-state index contributed by atoms with van der Waals surface area (Å²) in [4.78, 5) is 12.2. The highest BCUT2D eigenvalue weighted by atomic mass is 32.1. The van der Waals surface area contributed by atoms with E-state index in [0.29, 0.717) is 6.54 Å². The Morgan fingerprint density at radius 3 is 2.64 bits per heavy atom. The molecular formula is C17H17F2NOS. The molecule has 1 aliphatic carbocycles. The highest BCUT2D eigenvalue weighted by molar-refractivity contribution is 7.08. The van der Waals surface area contributed by atoms with E-state index in [9.17, 15) is 13.6 Å². The molecule has 3 rings (SSSR count). The molecule has 0 bridgehead atoms. The lowest BCUT2D eigenvalue weighted by Gasteiger charge is -2.28. The Morgan fingerprint density at radius 1 is 1.23 bits per heavy atom. The smallest absolute Gasteiger partial charge is 0.254 e. The van der Waals surface area contributed by atoms with E-state index < -0.39 is 17.5 Å². The minimum absolute atomic E-state index is 0.0494. The third-order valence-electron chi connectivity index (χ3n) is 4.46. The number of amides is 1. The number of carbonyl (C=O) groups excluding carboxylic acids is 1.